The largest absolute Gasteiger partial charge is 0.493 e. The van der Waals surface area contributed by atoms with Gasteiger partial charge in [0.2, 0.25) is 0 Å². The highest BCUT2D eigenvalue weighted by atomic mass is 16.6. The Morgan fingerprint density at radius 2 is 1.85 bits per heavy atom. The predicted octanol–water partition coefficient (Wildman–Crippen LogP) is 4.74. The third kappa shape index (κ3) is 5.37. The van der Waals surface area contributed by atoms with Crippen molar-refractivity contribution in [1.82, 2.24) is 0 Å². The summed E-state index contributed by atoms with van der Waals surface area (Å²) in [7, 11) is 1.40. The van der Waals surface area contributed by atoms with E-state index in [1.165, 1.54) is 25.3 Å². The molecule has 2 rings (SSSR count). The van der Waals surface area contributed by atoms with Crippen LogP contribution in [-0.2, 0) is 4.74 Å². The van der Waals surface area contributed by atoms with E-state index in [4.69, 9.17) is 14.2 Å². The highest BCUT2D eigenvalue weighted by Gasteiger charge is 2.17. The van der Waals surface area contributed by atoms with Crippen LogP contribution >= 0.6 is 0 Å². The van der Waals surface area contributed by atoms with Crippen molar-refractivity contribution < 1.29 is 23.9 Å². The van der Waals surface area contributed by atoms with Crippen LogP contribution in [0.25, 0.3) is 0 Å². The molecule has 0 aromatic heterocycles. The molecule has 0 radical (unpaired) electrons. The maximum absolute atomic E-state index is 11.8. The van der Waals surface area contributed by atoms with Crippen molar-refractivity contribution in [3.05, 3.63) is 52.6 Å². The number of benzene rings is 2. The quantitative estimate of drug-likeness (QED) is 0.610. The average Bonchev–Trinajstić information content (AvgIpc) is 2.53. The molecule has 1 N–H and O–H groups in total. The first-order chi connectivity index (χ1) is 12.2. The lowest BCUT2D eigenvalue weighted by Crippen LogP contribution is -2.27. The molecule has 0 aliphatic carbocycles. The van der Waals surface area contributed by atoms with Crippen LogP contribution in [0.1, 0.15) is 20.8 Å². The molecule has 2 aromatic carbocycles. The van der Waals surface area contributed by atoms with Gasteiger partial charge >= 0.3 is 6.09 Å². The smallest absolute Gasteiger partial charge is 0.412 e. The predicted molar refractivity (Wildman–Crippen MR) is 96.0 cm³/mol. The molecule has 26 heavy (non-hydrogen) atoms. The average molecular weight is 360 g/mol. The van der Waals surface area contributed by atoms with E-state index in [2.05, 4.69) is 5.32 Å². The van der Waals surface area contributed by atoms with Gasteiger partial charge in [-0.15, -0.1) is 0 Å². The number of nitrogens with one attached hydrogen (secondary N) is 1. The number of non-ortho nitro benzene ring substituents is 1. The maximum atomic E-state index is 11.8. The van der Waals surface area contributed by atoms with Gasteiger partial charge in [0.05, 0.1) is 18.1 Å². The molecule has 0 saturated heterocycles. The van der Waals surface area contributed by atoms with Crippen LogP contribution in [0.3, 0.4) is 0 Å². The van der Waals surface area contributed by atoms with Gasteiger partial charge in [-0.2, -0.15) is 0 Å². The van der Waals surface area contributed by atoms with Crippen molar-refractivity contribution in [3.8, 4) is 17.2 Å². The Labute approximate surface area is 150 Å². The molecule has 0 fully saturated rings. The summed E-state index contributed by atoms with van der Waals surface area (Å²) in [6.45, 7) is 5.31. The van der Waals surface area contributed by atoms with Gasteiger partial charge in [0.25, 0.3) is 5.69 Å². The van der Waals surface area contributed by atoms with Gasteiger partial charge in [-0.1, -0.05) is 6.07 Å². The van der Waals surface area contributed by atoms with Crippen LogP contribution < -0.4 is 14.8 Å². The third-order valence-corrected chi connectivity index (χ3v) is 3.07. The second-order valence-corrected chi connectivity index (χ2v) is 6.35. The molecule has 0 spiro atoms. The van der Waals surface area contributed by atoms with E-state index in [1.807, 2.05) is 0 Å². The zero-order chi connectivity index (χ0) is 19.3. The van der Waals surface area contributed by atoms with E-state index >= 15 is 0 Å². The van der Waals surface area contributed by atoms with Gasteiger partial charge in [0.15, 0.2) is 11.5 Å². The Morgan fingerprint density at radius 1 is 1.12 bits per heavy atom. The van der Waals surface area contributed by atoms with Crippen molar-refractivity contribution >= 4 is 17.5 Å². The van der Waals surface area contributed by atoms with E-state index in [1.54, 1.807) is 45.0 Å². The minimum Gasteiger partial charge on any atom is -0.493 e. The van der Waals surface area contributed by atoms with E-state index in [-0.39, 0.29) is 11.4 Å². The summed E-state index contributed by atoms with van der Waals surface area (Å²) in [5, 5.41) is 13.5. The Kier molecular flexibility index (Phi) is 5.66. The molecular formula is C18H20N2O6. The van der Waals surface area contributed by atoms with Gasteiger partial charge in [0, 0.05) is 17.8 Å². The number of hydrogen-bond acceptors (Lipinski definition) is 6. The van der Waals surface area contributed by atoms with Gasteiger partial charge < -0.3 is 14.2 Å². The Balaban J connectivity index is 2.16. The van der Waals surface area contributed by atoms with Crippen LogP contribution in [0.15, 0.2) is 42.5 Å². The first-order valence-electron chi connectivity index (χ1n) is 7.78. The Hall–Kier alpha value is -3.29. The summed E-state index contributed by atoms with van der Waals surface area (Å²) >= 11 is 0. The maximum Gasteiger partial charge on any atom is 0.412 e. The number of nitro benzene ring substituents is 1. The number of anilines is 1. The zero-order valence-electron chi connectivity index (χ0n) is 14.9. The lowest BCUT2D eigenvalue weighted by atomic mass is 10.2. The fourth-order valence-electron chi connectivity index (χ4n) is 2.04. The minimum atomic E-state index is -0.607. The summed E-state index contributed by atoms with van der Waals surface area (Å²) < 4.78 is 16.1. The number of nitro groups is 1. The molecule has 8 heteroatoms. The third-order valence-electron chi connectivity index (χ3n) is 3.07. The van der Waals surface area contributed by atoms with Crippen molar-refractivity contribution in [2.24, 2.45) is 0 Å². The van der Waals surface area contributed by atoms with Crippen molar-refractivity contribution in [3.63, 3.8) is 0 Å². The molecule has 2 aromatic rings. The van der Waals surface area contributed by atoms with Crippen LogP contribution in [-0.4, -0.2) is 23.7 Å². The topological polar surface area (TPSA) is 99.9 Å². The number of hydrogen-bond donors (Lipinski definition) is 1. The standard InChI is InChI=1S/C18H20N2O6/c1-18(2,3)26-17(21)19-12-6-5-7-14(10-12)25-15-9-8-13(20(22)23)11-16(15)24-4/h5-11H,1-4H3,(H,19,21). The molecule has 138 valence electrons. The molecule has 0 saturated carbocycles. The molecule has 8 nitrogen and oxygen atoms in total. The van der Waals surface area contributed by atoms with Crippen LogP contribution in [0, 0.1) is 10.1 Å². The van der Waals surface area contributed by atoms with Crippen LogP contribution in [0.5, 0.6) is 17.2 Å². The summed E-state index contributed by atoms with van der Waals surface area (Å²) in [4.78, 5) is 22.2. The molecule has 0 unspecified atom stereocenters. The van der Waals surface area contributed by atoms with Gasteiger partial charge in [0.1, 0.15) is 11.4 Å². The van der Waals surface area contributed by atoms with Crippen LogP contribution in [0.4, 0.5) is 16.2 Å². The second-order valence-electron chi connectivity index (χ2n) is 6.35. The zero-order valence-corrected chi connectivity index (χ0v) is 14.9. The number of nitrogens with zero attached hydrogens (tertiary/aromatic N) is 1. The first kappa shape index (κ1) is 19.0. The van der Waals surface area contributed by atoms with Gasteiger partial charge in [-0.05, 0) is 39.0 Å². The fourth-order valence-corrected chi connectivity index (χ4v) is 2.04. The molecule has 0 aliphatic rings. The minimum absolute atomic E-state index is 0.102. The molecule has 0 aliphatic heterocycles. The summed E-state index contributed by atoms with van der Waals surface area (Å²) in [6, 6.07) is 10.7. The Bertz CT molecular complexity index is 814. The summed E-state index contributed by atoms with van der Waals surface area (Å²) in [5.41, 5.74) is -0.225. The number of carbonyl (C=O) groups excluding carboxylic acids is 1. The number of rotatable bonds is 5. The van der Waals surface area contributed by atoms with E-state index in [0.29, 0.717) is 17.2 Å². The molecule has 0 atom stereocenters. The van der Waals surface area contributed by atoms with Crippen molar-refractivity contribution in [2.75, 3.05) is 12.4 Å². The van der Waals surface area contributed by atoms with E-state index in [9.17, 15) is 14.9 Å². The fraction of sp³-hybridized carbons (Fsp3) is 0.278. The molecule has 0 heterocycles. The summed E-state index contributed by atoms with van der Waals surface area (Å²) in [5.74, 6) is 0.961. The van der Waals surface area contributed by atoms with Crippen molar-refractivity contribution in [2.45, 2.75) is 26.4 Å². The van der Waals surface area contributed by atoms with Gasteiger partial charge in [-0.3, -0.25) is 15.4 Å². The molecular weight excluding hydrogens is 340 g/mol. The van der Waals surface area contributed by atoms with Gasteiger partial charge in [-0.25, -0.2) is 4.79 Å². The SMILES string of the molecule is COc1cc([N+](=O)[O-])ccc1Oc1cccc(NC(=O)OC(C)(C)C)c1. The monoisotopic (exact) mass is 360 g/mol. The first-order valence-corrected chi connectivity index (χ1v) is 7.78. The van der Waals surface area contributed by atoms with E-state index < -0.39 is 16.6 Å². The van der Waals surface area contributed by atoms with Crippen LogP contribution in [0.2, 0.25) is 0 Å². The second kappa shape index (κ2) is 7.73. The lowest BCUT2D eigenvalue weighted by molar-refractivity contribution is -0.384. The highest BCUT2D eigenvalue weighted by molar-refractivity contribution is 5.85. The summed E-state index contributed by atoms with van der Waals surface area (Å²) in [6.07, 6.45) is -0.581. The number of ether oxygens (including phenoxy) is 3. The van der Waals surface area contributed by atoms with E-state index in [0.717, 1.165) is 0 Å². The number of methoxy groups -OCH3 is 1. The lowest BCUT2D eigenvalue weighted by Gasteiger charge is -2.19. The van der Waals surface area contributed by atoms with Crippen molar-refractivity contribution in [1.29, 1.82) is 0 Å². The molecule has 0 bridgehead atoms. The number of amides is 1. The normalized spacial score (nSPS) is 10.8. The Morgan fingerprint density at radius 3 is 2.46 bits per heavy atom. The number of carbonyl (C=O) groups is 1. The molecule has 1 amide bonds. The highest BCUT2D eigenvalue weighted by Crippen LogP contribution is 2.35.